The molecule has 1 aliphatic heterocycles. The highest BCUT2D eigenvalue weighted by molar-refractivity contribution is 9.10. The van der Waals surface area contributed by atoms with Crippen LogP contribution in [-0.2, 0) is 12.8 Å². The average molecular weight is 336 g/mol. The maximum absolute atomic E-state index is 10.4. The molecule has 1 aromatic carbocycles. The molecular formula is C15H14BrNOS. The Balaban J connectivity index is 1.66. The third kappa shape index (κ3) is 3.02. The van der Waals surface area contributed by atoms with Crippen LogP contribution in [0, 0.1) is 0 Å². The molecule has 0 saturated carbocycles. The number of aromatic nitrogens is 1. The zero-order valence-electron chi connectivity index (χ0n) is 10.3. The fourth-order valence-corrected chi connectivity index (χ4v) is 3.83. The van der Waals surface area contributed by atoms with Crippen LogP contribution in [0.5, 0.6) is 0 Å². The number of pyridine rings is 1. The molecule has 2 nitrogen and oxygen atoms in total. The van der Waals surface area contributed by atoms with Gasteiger partial charge in [0.1, 0.15) is 0 Å². The minimum absolute atomic E-state index is 0.239. The molecule has 19 heavy (non-hydrogen) atoms. The van der Waals surface area contributed by atoms with E-state index in [1.165, 1.54) is 10.5 Å². The number of thioether (sulfide) groups is 1. The monoisotopic (exact) mass is 335 g/mol. The normalized spacial score (nSPS) is 19.2. The summed E-state index contributed by atoms with van der Waals surface area (Å²) in [4.78, 5) is 5.62. The van der Waals surface area contributed by atoms with E-state index in [9.17, 15) is 5.11 Å². The van der Waals surface area contributed by atoms with Gasteiger partial charge in [0, 0.05) is 32.9 Å². The zero-order valence-corrected chi connectivity index (χ0v) is 12.7. The van der Waals surface area contributed by atoms with Gasteiger partial charge in [0.2, 0.25) is 0 Å². The summed E-state index contributed by atoms with van der Waals surface area (Å²) in [6.45, 7) is 0. The summed E-state index contributed by atoms with van der Waals surface area (Å²) >= 11 is 5.15. The highest BCUT2D eigenvalue weighted by atomic mass is 79.9. The lowest BCUT2D eigenvalue weighted by atomic mass is 10.0. The predicted octanol–water partition coefficient (Wildman–Crippen LogP) is 3.46. The molecule has 2 aromatic rings. The molecule has 0 saturated heterocycles. The number of hydrogen-bond donors (Lipinski definition) is 1. The number of benzene rings is 1. The van der Waals surface area contributed by atoms with Crippen molar-refractivity contribution in [2.24, 2.45) is 0 Å². The van der Waals surface area contributed by atoms with Crippen LogP contribution >= 0.6 is 27.7 Å². The van der Waals surface area contributed by atoms with E-state index in [2.05, 4.69) is 45.2 Å². The summed E-state index contributed by atoms with van der Waals surface area (Å²) < 4.78 is 0.966. The van der Waals surface area contributed by atoms with Crippen molar-refractivity contribution in [3.63, 3.8) is 0 Å². The number of aliphatic hydroxyl groups excluding tert-OH is 1. The number of halogens is 1. The van der Waals surface area contributed by atoms with Crippen LogP contribution in [0.1, 0.15) is 11.3 Å². The van der Waals surface area contributed by atoms with Crippen LogP contribution in [0.4, 0.5) is 0 Å². The highest BCUT2D eigenvalue weighted by Gasteiger charge is 2.28. The van der Waals surface area contributed by atoms with E-state index in [1.54, 1.807) is 18.0 Å². The zero-order chi connectivity index (χ0) is 13.2. The van der Waals surface area contributed by atoms with Gasteiger partial charge in [-0.2, -0.15) is 0 Å². The lowest BCUT2D eigenvalue weighted by Crippen LogP contribution is -2.25. The first-order valence-corrected chi connectivity index (χ1v) is 7.93. The molecule has 1 N–H and O–H groups in total. The van der Waals surface area contributed by atoms with Crippen LogP contribution in [0.3, 0.4) is 0 Å². The van der Waals surface area contributed by atoms with Gasteiger partial charge in [-0.1, -0.05) is 18.2 Å². The van der Waals surface area contributed by atoms with Crippen LogP contribution in [0.15, 0.2) is 52.0 Å². The molecule has 0 bridgehead atoms. The molecule has 3 rings (SSSR count). The van der Waals surface area contributed by atoms with Crippen LogP contribution in [0.2, 0.25) is 0 Å². The second-order valence-corrected chi connectivity index (χ2v) is 6.90. The minimum Gasteiger partial charge on any atom is -0.392 e. The first-order chi connectivity index (χ1) is 9.22. The van der Waals surface area contributed by atoms with Gasteiger partial charge in [-0.05, 0) is 46.1 Å². The molecular weight excluding hydrogens is 322 g/mol. The summed E-state index contributed by atoms with van der Waals surface area (Å²) in [5, 5.41) is 10.6. The SMILES string of the molecule is OC(Cc1ccc(Br)cn1)C1Cc2ccccc2S1. The van der Waals surface area contributed by atoms with E-state index < -0.39 is 0 Å². The first kappa shape index (κ1) is 13.2. The topological polar surface area (TPSA) is 33.1 Å². The Kier molecular flexibility index (Phi) is 3.91. The van der Waals surface area contributed by atoms with Crippen molar-refractivity contribution in [3.05, 3.63) is 58.3 Å². The Morgan fingerprint density at radius 3 is 2.89 bits per heavy atom. The molecule has 0 aliphatic carbocycles. The summed E-state index contributed by atoms with van der Waals surface area (Å²) in [6.07, 6.45) is 2.97. The van der Waals surface area contributed by atoms with Gasteiger partial charge in [0.15, 0.2) is 0 Å². The Morgan fingerprint density at radius 2 is 2.16 bits per heavy atom. The number of nitrogens with zero attached hydrogens (tertiary/aromatic N) is 1. The van der Waals surface area contributed by atoms with Crippen molar-refractivity contribution in [1.29, 1.82) is 0 Å². The molecule has 0 radical (unpaired) electrons. The van der Waals surface area contributed by atoms with Gasteiger partial charge in [-0.3, -0.25) is 4.98 Å². The molecule has 1 aromatic heterocycles. The van der Waals surface area contributed by atoms with E-state index in [1.807, 2.05) is 12.1 Å². The van der Waals surface area contributed by atoms with E-state index in [0.717, 1.165) is 16.6 Å². The van der Waals surface area contributed by atoms with E-state index in [0.29, 0.717) is 6.42 Å². The fourth-order valence-electron chi connectivity index (χ4n) is 2.30. The van der Waals surface area contributed by atoms with Gasteiger partial charge in [-0.15, -0.1) is 11.8 Å². The number of aliphatic hydroxyl groups is 1. The smallest absolute Gasteiger partial charge is 0.0720 e. The molecule has 4 heteroatoms. The lowest BCUT2D eigenvalue weighted by Gasteiger charge is -2.16. The second kappa shape index (κ2) is 5.65. The third-order valence-corrected chi connectivity index (χ3v) is 5.21. The second-order valence-electron chi connectivity index (χ2n) is 4.71. The molecule has 0 amide bonds. The average Bonchev–Trinajstić information content (AvgIpc) is 2.85. The summed E-state index contributed by atoms with van der Waals surface area (Å²) in [5.74, 6) is 0. The fraction of sp³-hybridized carbons (Fsp3) is 0.267. The Bertz CT molecular complexity index is 548. The molecule has 2 atom stereocenters. The quantitative estimate of drug-likeness (QED) is 0.932. The number of rotatable bonds is 3. The highest BCUT2D eigenvalue weighted by Crippen LogP contribution is 2.38. The summed E-state index contributed by atoms with van der Waals surface area (Å²) in [7, 11) is 0. The maximum atomic E-state index is 10.4. The first-order valence-electron chi connectivity index (χ1n) is 6.25. The Morgan fingerprint density at radius 1 is 1.32 bits per heavy atom. The van der Waals surface area contributed by atoms with E-state index in [4.69, 9.17) is 0 Å². The van der Waals surface area contributed by atoms with Crippen molar-refractivity contribution in [2.75, 3.05) is 0 Å². The van der Waals surface area contributed by atoms with Crippen molar-refractivity contribution < 1.29 is 5.11 Å². The van der Waals surface area contributed by atoms with Gasteiger partial charge in [0.25, 0.3) is 0 Å². The number of fused-ring (bicyclic) bond motifs is 1. The summed E-state index contributed by atoms with van der Waals surface area (Å²) in [6, 6.07) is 12.3. The molecule has 2 unspecified atom stereocenters. The third-order valence-electron chi connectivity index (χ3n) is 3.31. The molecule has 1 aliphatic rings. The van der Waals surface area contributed by atoms with E-state index >= 15 is 0 Å². The molecule has 98 valence electrons. The van der Waals surface area contributed by atoms with Gasteiger partial charge in [0.05, 0.1) is 6.10 Å². The Hall–Kier alpha value is -0.840. The molecule has 0 fully saturated rings. The van der Waals surface area contributed by atoms with Gasteiger partial charge < -0.3 is 5.11 Å². The number of hydrogen-bond acceptors (Lipinski definition) is 3. The molecule has 2 heterocycles. The lowest BCUT2D eigenvalue weighted by molar-refractivity contribution is 0.171. The van der Waals surface area contributed by atoms with Crippen molar-refractivity contribution in [2.45, 2.75) is 29.1 Å². The van der Waals surface area contributed by atoms with Crippen LogP contribution < -0.4 is 0 Å². The van der Waals surface area contributed by atoms with Crippen molar-refractivity contribution in [3.8, 4) is 0 Å². The standard InChI is InChI=1S/C15H14BrNOS/c16-11-5-6-12(17-9-11)8-13(18)15-7-10-3-1-2-4-14(10)19-15/h1-6,9,13,15,18H,7-8H2. The molecule has 0 spiro atoms. The summed E-state index contributed by atoms with van der Waals surface area (Å²) in [5.41, 5.74) is 2.28. The van der Waals surface area contributed by atoms with Crippen LogP contribution in [0.25, 0.3) is 0 Å². The van der Waals surface area contributed by atoms with E-state index in [-0.39, 0.29) is 11.4 Å². The minimum atomic E-state index is -0.355. The predicted molar refractivity (Wildman–Crippen MR) is 81.4 cm³/mol. The van der Waals surface area contributed by atoms with Crippen LogP contribution in [-0.4, -0.2) is 21.4 Å². The van der Waals surface area contributed by atoms with Crippen molar-refractivity contribution >= 4 is 27.7 Å². The maximum Gasteiger partial charge on any atom is 0.0720 e. The van der Waals surface area contributed by atoms with Gasteiger partial charge >= 0.3 is 0 Å². The van der Waals surface area contributed by atoms with Gasteiger partial charge in [-0.25, -0.2) is 0 Å². The van der Waals surface area contributed by atoms with Crippen molar-refractivity contribution in [1.82, 2.24) is 4.98 Å². The largest absolute Gasteiger partial charge is 0.392 e. The Labute approximate surface area is 125 Å².